The van der Waals surface area contributed by atoms with Crippen LogP contribution in [0.25, 0.3) is 0 Å². The minimum atomic E-state index is -3.39. The van der Waals surface area contributed by atoms with E-state index in [1.165, 1.54) is 6.20 Å². The maximum atomic E-state index is 12.7. The number of H-pyrrole nitrogens is 1. The first kappa shape index (κ1) is 13.5. The third kappa shape index (κ3) is 2.44. The van der Waals surface area contributed by atoms with Crippen LogP contribution in [0, 0.1) is 6.92 Å². The molecule has 1 aliphatic heterocycles. The summed E-state index contributed by atoms with van der Waals surface area (Å²) in [6.45, 7) is 4.44. The second kappa shape index (κ2) is 5.40. The van der Waals surface area contributed by atoms with Crippen LogP contribution in [0.5, 0.6) is 0 Å². The van der Waals surface area contributed by atoms with E-state index in [-0.39, 0.29) is 6.04 Å². The first-order valence-corrected chi connectivity index (χ1v) is 8.03. The monoisotopic (exact) mass is 271 g/mol. The van der Waals surface area contributed by atoms with Crippen molar-refractivity contribution in [3.63, 3.8) is 0 Å². The summed E-state index contributed by atoms with van der Waals surface area (Å²) in [4.78, 5) is 0.322. The van der Waals surface area contributed by atoms with Gasteiger partial charge in [0, 0.05) is 12.6 Å². The maximum absolute atomic E-state index is 12.7. The number of nitrogens with one attached hydrogen (secondary N) is 1. The third-order valence-electron chi connectivity index (χ3n) is 3.66. The van der Waals surface area contributed by atoms with Gasteiger partial charge >= 0.3 is 0 Å². The predicted molar refractivity (Wildman–Crippen MR) is 69.8 cm³/mol. The molecular weight excluding hydrogens is 250 g/mol. The predicted octanol–water partition coefficient (Wildman–Crippen LogP) is 2.06. The van der Waals surface area contributed by atoms with E-state index >= 15 is 0 Å². The number of hydrogen-bond donors (Lipinski definition) is 1. The molecule has 18 heavy (non-hydrogen) atoms. The highest BCUT2D eigenvalue weighted by molar-refractivity contribution is 7.89. The average molecular weight is 271 g/mol. The highest BCUT2D eigenvalue weighted by atomic mass is 32.2. The van der Waals surface area contributed by atoms with Crippen molar-refractivity contribution in [1.82, 2.24) is 14.5 Å². The summed E-state index contributed by atoms with van der Waals surface area (Å²) in [6, 6.07) is 0.131. The summed E-state index contributed by atoms with van der Waals surface area (Å²) in [5.74, 6) is 0. The molecule has 2 heterocycles. The van der Waals surface area contributed by atoms with Gasteiger partial charge < -0.3 is 0 Å². The Hall–Kier alpha value is -0.880. The Bertz CT molecular complexity index is 495. The molecule has 0 saturated carbocycles. The SMILES string of the molecule is CCC1CCCCCN1S(=O)(=O)c1cn[nH]c1C. The fourth-order valence-corrected chi connectivity index (χ4v) is 4.49. The van der Waals surface area contributed by atoms with Gasteiger partial charge in [-0.05, 0) is 26.2 Å². The van der Waals surface area contributed by atoms with Crippen LogP contribution in [0.4, 0.5) is 0 Å². The van der Waals surface area contributed by atoms with Crippen LogP contribution >= 0.6 is 0 Å². The zero-order valence-electron chi connectivity index (χ0n) is 11.0. The Labute approximate surface area is 109 Å². The fraction of sp³-hybridized carbons (Fsp3) is 0.750. The molecule has 1 aliphatic rings. The third-order valence-corrected chi connectivity index (χ3v) is 5.73. The molecule has 1 atom stereocenters. The molecule has 1 fully saturated rings. The zero-order chi connectivity index (χ0) is 13.2. The molecule has 1 N–H and O–H groups in total. The van der Waals surface area contributed by atoms with E-state index in [0.29, 0.717) is 17.1 Å². The van der Waals surface area contributed by atoms with E-state index in [1.807, 2.05) is 0 Å². The van der Waals surface area contributed by atoms with Gasteiger partial charge in [0.15, 0.2) is 0 Å². The van der Waals surface area contributed by atoms with Crippen LogP contribution in [0.2, 0.25) is 0 Å². The Morgan fingerprint density at radius 2 is 2.22 bits per heavy atom. The van der Waals surface area contributed by atoms with Gasteiger partial charge in [-0.15, -0.1) is 0 Å². The van der Waals surface area contributed by atoms with Crippen molar-refractivity contribution in [3.8, 4) is 0 Å². The lowest BCUT2D eigenvalue weighted by atomic mass is 10.1. The van der Waals surface area contributed by atoms with Crippen molar-refractivity contribution in [3.05, 3.63) is 11.9 Å². The minimum absolute atomic E-state index is 0.131. The largest absolute Gasteiger partial charge is 0.281 e. The van der Waals surface area contributed by atoms with E-state index in [2.05, 4.69) is 17.1 Å². The van der Waals surface area contributed by atoms with Crippen molar-refractivity contribution in [2.24, 2.45) is 0 Å². The Morgan fingerprint density at radius 3 is 2.83 bits per heavy atom. The molecule has 102 valence electrons. The molecule has 1 unspecified atom stereocenters. The highest BCUT2D eigenvalue weighted by Crippen LogP contribution is 2.27. The lowest BCUT2D eigenvalue weighted by Crippen LogP contribution is -2.39. The van der Waals surface area contributed by atoms with E-state index in [0.717, 1.165) is 32.1 Å². The number of sulfonamides is 1. The van der Waals surface area contributed by atoms with Gasteiger partial charge in [-0.2, -0.15) is 9.40 Å². The molecule has 0 spiro atoms. The number of aromatic nitrogens is 2. The second-order valence-corrected chi connectivity index (χ2v) is 6.75. The smallest absolute Gasteiger partial charge is 0.246 e. The molecule has 6 heteroatoms. The zero-order valence-corrected chi connectivity index (χ0v) is 11.8. The summed E-state index contributed by atoms with van der Waals surface area (Å²) < 4.78 is 27.0. The van der Waals surface area contributed by atoms with Gasteiger partial charge in [0.05, 0.1) is 11.9 Å². The molecule has 1 aromatic heterocycles. The van der Waals surface area contributed by atoms with Crippen LogP contribution in [0.15, 0.2) is 11.1 Å². The maximum Gasteiger partial charge on any atom is 0.246 e. The summed E-state index contributed by atoms with van der Waals surface area (Å²) in [7, 11) is -3.39. The van der Waals surface area contributed by atoms with Crippen molar-refractivity contribution < 1.29 is 8.42 Å². The van der Waals surface area contributed by atoms with Gasteiger partial charge in [0.2, 0.25) is 10.0 Å². The molecule has 0 radical (unpaired) electrons. The number of hydrogen-bond acceptors (Lipinski definition) is 3. The molecule has 0 bridgehead atoms. The van der Waals surface area contributed by atoms with Gasteiger partial charge in [0.1, 0.15) is 4.90 Å². The number of nitrogens with zero attached hydrogens (tertiary/aromatic N) is 2. The number of aryl methyl sites for hydroxylation is 1. The molecule has 0 aromatic carbocycles. The molecular formula is C12H21N3O2S. The first-order valence-electron chi connectivity index (χ1n) is 6.59. The summed E-state index contributed by atoms with van der Waals surface area (Å²) in [5, 5.41) is 6.53. The van der Waals surface area contributed by atoms with Gasteiger partial charge in [-0.1, -0.05) is 19.8 Å². The van der Waals surface area contributed by atoms with Crippen molar-refractivity contribution >= 4 is 10.0 Å². The summed E-state index contributed by atoms with van der Waals surface area (Å²) >= 11 is 0. The number of aromatic amines is 1. The minimum Gasteiger partial charge on any atom is -0.281 e. The van der Waals surface area contributed by atoms with Crippen LogP contribution in [0.3, 0.4) is 0 Å². The van der Waals surface area contributed by atoms with E-state index < -0.39 is 10.0 Å². The first-order chi connectivity index (χ1) is 8.57. The van der Waals surface area contributed by atoms with Crippen LogP contribution < -0.4 is 0 Å². The van der Waals surface area contributed by atoms with Crippen LogP contribution in [-0.4, -0.2) is 35.5 Å². The molecule has 1 saturated heterocycles. The summed E-state index contributed by atoms with van der Waals surface area (Å²) in [5.41, 5.74) is 0.620. The van der Waals surface area contributed by atoms with Gasteiger partial charge in [0.25, 0.3) is 0 Å². The Balaban J connectivity index is 2.35. The van der Waals surface area contributed by atoms with E-state index in [4.69, 9.17) is 0 Å². The standard InChI is InChI=1S/C12H21N3O2S/c1-3-11-7-5-4-6-8-15(11)18(16,17)12-9-13-14-10(12)2/h9,11H,3-8H2,1-2H3,(H,13,14). The summed E-state index contributed by atoms with van der Waals surface area (Å²) in [6.07, 6.45) is 6.44. The molecule has 1 aromatic rings. The highest BCUT2D eigenvalue weighted by Gasteiger charge is 2.33. The molecule has 2 rings (SSSR count). The van der Waals surface area contributed by atoms with E-state index in [9.17, 15) is 8.42 Å². The quantitative estimate of drug-likeness (QED) is 0.915. The lowest BCUT2D eigenvalue weighted by Gasteiger charge is -2.28. The normalized spacial score (nSPS) is 22.9. The Kier molecular flexibility index (Phi) is 4.07. The van der Waals surface area contributed by atoms with Crippen LogP contribution in [-0.2, 0) is 10.0 Å². The fourth-order valence-electron chi connectivity index (χ4n) is 2.60. The van der Waals surface area contributed by atoms with Crippen molar-refractivity contribution in [2.45, 2.75) is 56.9 Å². The Morgan fingerprint density at radius 1 is 1.44 bits per heavy atom. The van der Waals surface area contributed by atoms with E-state index in [1.54, 1.807) is 11.2 Å². The second-order valence-electron chi connectivity index (χ2n) is 4.89. The average Bonchev–Trinajstić information content (AvgIpc) is 2.65. The molecule has 0 aliphatic carbocycles. The van der Waals surface area contributed by atoms with Crippen LogP contribution in [0.1, 0.15) is 44.7 Å². The van der Waals surface area contributed by atoms with Crippen molar-refractivity contribution in [1.29, 1.82) is 0 Å². The van der Waals surface area contributed by atoms with Gasteiger partial charge in [-0.25, -0.2) is 8.42 Å². The molecule has 0 amide bonds. The molecule has 5 nitrogen and oxygen atoms in total. The van der Waals surface area contributed by atoms with Gasteiger partial charge in [-0.3, -0.25) is 5.10 Å². The lowest BCUT2D eigenvalue weighted by molar-refractivity contribution is 0.315. The van der Waals surface area contributed by atoms with Crippen molar-refractivity contribution in [2.75, 3.05) is 6.54 Å². The topological polar surface area (TPSA) is 66.1 Å². The number of rotatable bonds is 3.